The third-order valence-electron chi connectivity index (χ3n) is 2.76. The van der Waals surface area contributed by atoms with Crippen LogP contribution in [0.15, 0.2) is 0 Å². The number of nitrogens with one attached hydrogen (secondary N) is 1. The summed E-state index contributed by atoms with van der Waals surface area (Å²) in [6, 6.07) is -0.438. The molecule has 0 aromatic rings. The summed E-state index contributed by atoms with van der Waals surface area (Å²) in [5, 5.41) is 20.7. The van der Waals surface area contributed by atoms with Crippen molar-refractivity contribution >= 4 is 11.9 Å². The highest BCUT2D eigenvalue weighted by atomic mass is 16.5. The van der Waals surface area contributed by atoms with Crippen LogP contribution in [0.2, 0.25) is 0 Å². The average Bonchev–Trinajstić information content (AvgIpc) is 2.35. The number of hydrogen-bond acceptors (Lipinski definition) is 5. The zero-order chi connectivity index (χ0) is 13.5. The zero-order valence-electron chi connectivity index (χ0n) is 10.5. The number of carboxylic acid groups (broad SMARTS) is 1. The number of hydrogen-bond donors (Lipinski definition) is 3. The van der Waals surface area contributed by atoms with Gasteiger partial charge in [-0.25, -0.2) is 0 Å². The van der Waals surface area contributed by atoms with E-state index in [1.165, 1.54) is 0 Å². The summed E-state index contributed by atoms with van der Waals surface area (Å²) < 4.78 is 5.15. The maximum absolute atomic E-state index is 11.9. The number of ether oxygens (including phenoxy) is 1. The minimum atomic E-state index is -1.06. The lowest BCUT2D eigenvalue weighted by Gasteiger charge is -2.29. The number of carbonyl (C=O) groups is 2. The van der Waals surface area contributed by atoms with E-state index >= 15 is 0 Å². The monoisotopic (exact) mass is 260 g/mol. The summed E-state index contributed by atoms with van der Waals surface area (Å²) in [5.41, 5.74) is 0. The van der Waals surface area contributed by atoms with E-state index in [1.54, 1.807) is 11.8 Å². The standard InChI is InChI=1S/C11H20N2O5/c1-8(12-7-9(14)6-10(15)16)11(17)13-2-4-18-5-3-13/h8-9,12,14H,2-7H2,1H3,(H,15,16). The third kappa shape index (κ3) is 4.99. The molecule has 1 saturated heterocycles. The molecule has 1 fully saturated rings. The Hall–Kier alpha value is -1.18. The van der Waals surface area contributed by atoms with Crippen LogP contribution in [-0.4, -0.2) is 72.0 Å². The summed E-state index contributed by atoms with van der Waals surface area (Å²) >= 11 is 0. The van der Waals surface area contributed by atoms with E-state index in [-0.39, 0.29) is 18.9 Å². The van der Waals surface area contributed by atoms with E-state index in [4.69, 9.17) is 9.84 Å². The minimum Gasteiger partial charge on any atom is -0.481 e. The lowest BCUT2D eigenvalue weighted by molar-refractivity contribution is -0.139. The molecule has 0 aromatic heterocycles. The SMILES string of the molecule is CC(NCC(O)CC(=O)O)C(=O)N1CCOCC1. The van der Waals surface area contributed by atoms with Crippen molar-refractivity contribution in [2.24, 2.45) is 0 Å². The highest BCUT2D eigenvalue weighted by Crippen LogP contribution is 2.01. The van der Waals surface area contributed by atoms with Crippen molar-refractivity contribution < 1.29 is 24.5 Å². The van der Waals surface area contributed by atoms with Gasteiger partial charge >= 0.3 is 5.97 Å². The minimum absolute atomic E-state index is 0.0548. The molecule has 1 amide bonds. The predicted octanol–water partition coefficient (Wildman–Crippen LogP) is -1.34. The first-order valence-electron chi connectivity index (χ1n) is 6.00. The molecule has 104 valence electrons. The van der Waals surface area contributed by atoms with E-state index in [1.807, 2.05) is 0 Å². The fraction of sp³-hybridized carbons (Fsp3) is 0.818. The van der Waals surface area contributed by atoms with Crippen LogP contribution in [0.5, 0.6) is 0 Å². The van der Waals surface area contributed by atoms with Gasteiger partial charge in [0.15, 0.2) is 0 Å². The number of nitrogens with zero attached hydrogens (tertiary/aromatic N) is 1. The van der Waals surface area contributed by atoms with Gasteiger partial charge in [-0.05, 0) is 6.92 Å². The predicted molar refractivity (Wildman–Crippen MR) is 63.1 cm³/mol. The molecule has 0 aromatic carbocycles. The number of carbonyl (C=O) groups excluding carboxylic acids is 1. The van der Waals surface area contributed by atoms with Gasteiger partial charge in [0.2, 0.25) is 5.91 Å². The van der Waals surface area contributed by atoms with Gasteiger partial charge in [-0.1, -0.05) is 0 Å². The number of amides is 1. The second-order valence-corrected chi connectivity index (χ2v) is 4.32. The van der Waals surface area contributed by atoms with Crippen LogP contribution in [0.4, 0.5) is 0 Å². The summed E-state index contributed by atoms with van der Waals surface area (Å²) in [5.74, 6) is -1.11. The zero-order valence-corrected chi connectivity index (χ0v) is 10.5. The van der Waals surface area contributed by atoms with Gasteiger partial charge in [-0.3, -0.25) is 9.59 Å². The van der Waals surface area contributed by atoms with Crippen molar-refractivity contribution in [3.05, 3.63) is 0 Å². The fourth-order valence-corrected chi connectivity index (χ4v) is 1.73. The van der Waals surface area contributed by atoms with E-state index in [9.17, 15) is 14.7 Å². The second kappa shape index (κ2) is 7.30. The fourth-order valence-electron chi connectivity index (χ4n) is 1.73. The quantitative estimate of drug-likeness (QED) is 0.546. The topological polar surface area (TPSA) is 99.1 Å². The van der Waals surface area contributed by atoms with Crippen LogP contribution in [0.25, 0.3) is 0 Å². The molecule has 2 atom stereocenters. The summed E-state index contributed by atoms with van der Waals surface area (Å²) in [7, 11) is 0. The van der Waals surface area contributed by atoms with Crippen molar-refractivity contribution in [2.45, 2.75) is 25.5 Å². The highest BCUT2D eigenvalue weighted by molar-refractivity contribution is 5.81. The first-order valence-corrected chi connectivity index (χ1v) is 6.00. The molecule has 1 aliphatic rings. The molecule has 0 aliphatic carbocycles. The number of rotatable bonds is 6. The molecule has 0 radical (unpaired) electrons. The van der Waals surface area contributed by atoms with Gasteiger partial charge in [0.25, 0.3) is 0 Å². The van der Waals surface area contributed by atoms with Crippen LogP contribution in [0, 0.1) is 0 Å². The molecule has 0 saturated carbocycles. The molecule has 1 heterocycles. The van der Waals surface area contributed by atoms with Crippen LogP contribution < -0.4 is 5.32 Å². The Bertz CT molecular complexity index is 291. The maximum Gasteiger partial charge on any atom is 0.306 e. The number of aliphatic carboxylic acids is 1. The molecule has 0 bridgehead atoms. The van der Waals surface area contributed by atoms with E-state index in [2.05, 4.69) is 5.32 Å². The smallest absolute Gasteiger partial charge is 0.306 e. The Morgan fingerprint density at radius 1 is 1.39 bits per heavy atom. The van der Waals surface area contributed by atoms with Gasteiger partial charge in [0.1, 0.15) is 0 Å². The van der Waals surface area contributed by atoms with Gasteiger partial charge in [0.05, 0.1) is 31.8 Å². The van der Waals surface area contributed by atoms with Gasteiger partial charge in [-0.2, -0.15) is 0 Å². The maximum atomic E-state index is 11.9. The van der Waals surface area contributed by atoms with Crippen LogP contribution in [0.3, 0.4) is 0 Å². The molecule has 18 heavy (non-hydrogen) atoms. The molecule has 1 rings (SSSR count). The van der Waals surface area contributed by atoms with Gasteiger partial charge < -0.3 is 25.2 Å². The Labute approximate surface area is 106 Å². The highest BCUT2D eigenvalue weighted by Gasteiger charge is 2.22. The first-order chi connectivity index (χ1) is 8.50. The van der Waals surface area contributed by atoms with Gasteiger partial charge in [-0.15, -0.1) is 0 Å². The lowest BCUT2D eigenvalue weighted by Crippen LogP contribution is -2.50. The largest absolute Gasteiger partial charge is 0.481 e. The normalized spacial score (nSPS) is 19.3. The Balaban J connectivity index is 2.28. The number of aliphatic hydroxyl groups excluding tert-OH is 1. The van der Waals surface area contributed by atoms with Crippen molar-refractivity contribution in [1.82, 2.24) is 10.2 Å². The lowest BCUT2D eigenvalue weighted by atomic mass is 10.2. The number of carboxylic acids is 1. The molecule has 0 spiro atoms. The van der Waals surface area contributed by atoms with Crippen molar-refractivity contribution in [3.8, 4) is 0 Å². The first kappa shape index (κ1) is 14.9. The molecule has 7 heteroatoms. The molecular weight excluding hydrogens is 240 g/mol. The Morgan fingerprint density at radius 2 is 2.00 bits per heavy atom. The third-order valence-corrected chi connectivity index (χ3v) is 2.76. The summed E-state index contributed by atoms with van der Waals surface area (Å²) in [6.07, 6.45) is -1.31. The van der Waals surface area contributed by atoms with E-state index in [0.29, 0.717) is 26.3 Å². The Kier molecular flexibility index (Phi) is 6.03. The van der Waals surface area contributed by atoms with Gasteiger partial charge in [0, 0.05) is 19.6 Å². The van der Waals surface area contributed by atoms with Crippen molar-refractivity contribution in [1.29, 1.82) is 0 Å². The van der Waals surface area contributed by atoms with Crippen molar-refractivity contribution in [3.63, 3.8) is 0 Å². The van der Waals surface area contributed by atoms with Crippen LogP contribution >= 0.6 is 0 Å². The molecular formula is C11H20N2O5. The summed E-state index contributed by atoms with van der Waals surface area (Å²) in [4.78, 5) is 24.0. The Morgan fingerprint density at radius 3 is 2.56 bits per heavy atom. The van der Waals surface area contributed by atoms with Crippen LogP contribution in [-0.2, 0) is 14.3 Å². The average molecular weight is 260 g/mol. The number of morpholine rings is 1. The van der Waals surface area contributed by atoms with E-state index in [0.717, 1.165) is 0 Å². The second-order valence-electron chi connectivity index (χ2n) is 4.32. The number of aliphatic hydroxyl groups is 1. The molecule has 7 nitrogen and oxygen atoms in total. The van der Waals surface area contributed by atoms with E-state index < -0.39 is 18.1 Å². The van der Waals surface area contributed by atoms with Crippen molar-refractivity contribution in [2.75, 3.05) is 32.8 Å². The molecule has 3 N–H and O–H groups in total. The summed E-state index contributed by atoms with van der Waals surface area (Å²) in [6.45, 7) is 4.01. The molecule has 2 unspecified atom stereocenters. The molecule has 1 aliphatic heterocycles. The van der Waals surface area contributed by atoms with Crippen LogP contribution in [0.1, 0.15) is 13.3 Å².